The summed E-state index contributed by atoms with van der Waals surface area (Å²) in [7, 11) is 0. The fraction of sp³-hybridized carbons (Fsp3) is 0.241. The van der Waals surface area contributed by atoms with Crippen LogP contribution in [0.1, 0.15) is 40.0 Å². The van der Waals surface area contributed by atoms with Crippen LogP contribution in [0.5, 0.6) is 0 Å². The van der Waals surface area contributed by atoms with Gasteiger partial charge in [-0.1, -0.05) is 54.2 Å². The summed E-state index contributed by atoms with van der Waals surface area (Å²) < 4.78 is 0.877. The van der Waals surface area contributed by atoms with Crippen LogP contribution in [0.3, 0.4) is 0 Å². The Kier molecular flexibility index (Phi) is 7.48. The maximum Gasteiger partial charge on any atom is 0.307 e. The van der Waals surface area contributed by atoms with Crippen LogP contribution in [0.2, 0.25) is 0 Å². The highest BCUT2D eigenvalue weighted by Crippen LogP contribution is 2.35. The third-order valence-electron chi connectivity index (χ3n) is 6.86. The van der Waals surface area contributed by atoms with Crippen molar-refractivity contribution in [3.05, 3.63) is 77.9 Å². The number of hydrogen-bond acceptors (Lipinski definition) is 7. The van der Waals surface area contributed by atoms with E-state index in [9.17, 15) is 19.5 Å². The number of aliphatic hydroxyl groups excluding tert-OH is 1. The second-order valence-electron chi connectivity index (χ2n) is 9.31. The zero-order chi connectivity index (χ0) is 26.6. The van der Waals surface area contributed by atoms with Crippen LogP contribution >= 0.6 is 11.3 Å². The van der Waals surface area contributed by atoms with Gasteiger partial charge in [-0.05, 0) is 54.3 Å². The number of carboxylic acids is 1. The number of benzene rings is 3. The highest BCUT2D eigenvalue weighted by molar-refractivity contribution is 7.22. The van der Waals surface area contributed by atoms with Gasteiger partial charge in [0, 0.05) is 29.3 Å². The third kappa shape index (κ3) is 5.44. The minimum atomic E-state index is -0.886. The molecule has 4 aromatic rings. The zero-order valence-electron chi connectivity index (χ0n) is 20.5. The zero-order valence-corrected chi connectivity index (χ0v) is 21.3. The van der Waals surface area contributed by atoms with Crippen molar-refractivity contribution in [2.75, 3.05) is 18.5 Å². The summed E-state index contributed by atoms with van der Waals surface area (Å²) in [5.41, 5.74) is 4.66. The molecule has 0 bridgehead atoms. The Labute approximate surface area is 223 Å². The summed E-state index contributed by atoms with van der Waals surface area (Å²) in [6.07, 6.45) is 1.96. The molecule has 2 atom stereocenters. The molecule has 1 amide bonds. The first-order valence-electron chi connectivity index (χ1n) is 12.5. The van der Waals surface area contributed by atoms with Crippen LogP contribution in [-0.2, 0) is 4.79 Å². The number of anilines is 2. The molecule has 1 unspecified atom stereocenters. The summed E-state index contributed by atoms with van der Waals surface area (Å²) in [5.74, 6) is -2.24. The highest BCUT2D eigenvalue weighted by atomic mass is 32.1. The number of ketones is 1. The SMILES string of the molecule is O=C(NCCO)c1ccc2nc(Nc3ccc(-c4ccc(C(=O)[C@H]5CCCC5C(=O)O)cc4)cc3)sc2c1. The van der Waals surface area contributed by atoms with Crippen molar-refractivity contribution in [2.24, 2.45) is 11.8 Å². The Balaban J connectivity index is 1.25. The molecule has 3 aromatic carbocycles. The molecule has 0 aliphatic heterocycles. The van der Waals surface area contributed by atoms with Crippen LogP contribution in [0.25, 0.3) is 21.3 Å². The molecule has 1 aromatic heterocycles. The average Bonchev–Trinajstić information content (AvgIpc) is 3.58. The lowest BCUT2D eigenvalue weighted by Gasteiger charge is -2.14. The van der Waals surface area contributed by atoms with Crippen molar-refractivity contribution in [1.82, 2.24) is 10.3 Å². The van der Waals surface area contributed by atoms with Crippen LogP contribution in [0, 0.1) is 11.8 Å². The monoisotopic (exact) mass is 529 g/mol. The lowest BCUT2D eigenvalue weighted by Crippen LogP contribution is -2.26. The van der Waals surface area contributed by atoms with E-state index < -0.39 is 17.8 Å². The molecule has 5 rings (SSSR count). The molecule has 38 heavy (non-hydrogen) atoms. The summed E-state index contributed by atoms with van der Waals surface area (Å²) >= 11 is 1.44. The molecule has 1 saturated carbocycles. The number of amides is 1. The van der Waals surface area contributed by atoms with Gasteiger partial charge in [0.15, 0.2) is 10.9 Å². The van der Waals surface area contributed by atoms with Crippen LogP contribution in [0.15, 0.2) is 66.7 Å². The maximum absolute atomic E-state index is 12.9. The first kappa shape index (κ1) is 25.6. The van der Waals surface area contributed by atoms with Gasteiger partial charge >= 0.3 is 5.97 Å². The number of nitrogens with one attached hydrogen (secondary N) is 2. The normalized spacial score (nSPS) is 16.9. The molecule has 8 nitrogen and oxygen atoms in total. The van der Waals surface area contributed by atoms with E-state index in [0.717, 1.165) is 33.5 Å². The number of nitrogens with zero attached hydrogens (tertiary/aromatic N) is 1. The number of carboxylic acid groups (broad SMARTS) is 1. The van der Waals surface area contributed by atoms with Gasteiger partial charge in [0.2, 0.25) is 0 Å². The molecule has 0 saturated heterocycles. The molecule has 194 valence electrons. The molecule has 0 radical (unpaired) electrons. The summed E-state index contributed by atoms with van der Waals surface area (Å²) in [6, 6.07) is 20.5. The fourth-order valence-corrected chi connectivity index (χ4v) is 5.80. The van der Waals surface area contributed by atoms with Gasteiger partial charge < -0.3 is 20.8 Å². The minimum Gasteiger partial charge on any atom is -0.481 e. The minimum absolute atomic E-state index is 0.0882. The Morgan fingerprint density at radius 1 is 0.895 bits per heavy atom. The summed E-state index contributed by atoms with van der Waals surface area (Å²) in [6.45, 7) is 0.0973. The molecular weight excluding hydrogens is 502 g/mol. The van der Waals surface area contributed by atoms with E-state index in [0.29, 0.717) is 29.1 Å². The van der Waals surface area contributed by atoms with Gasteiger partial charge in [-0.15, -0.1) is 0 Å². The van der Waals surface area contributed by atoms with E-state index in [1.165, 1.54) is 11.3 Å². The van der Waals surface area contributed by atoms with E-state index in [4.69, 9.17) is 5.11 Å². The van der Waals surface area contributed by atoms with Gasteiger partial charge in [-0.2, -0.15) is 0 Å². The van der Waals surface area contributed by atoms with E-state index in [-0.39, 0.29) is 24.8 Å². The van der Waals surface area contributed by atoms with Crippen molar-refractivity contribution in [2.45, 2.75) is 19.3 Å². The van der Waals surface area contributed by atoms with Crippen molar-refractivity contribution >= 4 is 50.0 Å². The molecule has 1 aliphatic rings. The van der Waals surface area contributed by atoms with Crippen molar-refractivity contribution in [3.8, 4) is 11.1 Å². The maximum atomic E-state index is 12.9. The van der Waals surface area contributed by atoms with Crippen molar-refractivity contribution in [1.29, 1.82) is 0 Å². The molecule has 9 heteroatoms. The second kappa shape index (κ2) is 11.1. The summed E-state index contributed by atoms with van der Waals surface area (Å²) in [4.78, 5) is 41.1. The Morgan fingerprint density at radius 3 is 2.24 bits per heavy atom. The van der Waals surface area contributed by atoms with Gasteiger partial charge in [0.05, 0.1) is 22.7 Å². The van der Waals surface area contributed by atoms with Gasteiger partial charge in [-0.25, -0.2) is 4.98 Å². The smallest absolute Gasteiger partial charge is 0.307 e. The van der Waals surface area contributed by atoms with Crippen molar-refractivity contribution in [3.63, 3.8) is 0 Å². The topological polar surface area (TPSA) is 129 Å². The van der Waals surface area contributed by atoms with Crippen LogP contribution in [0.4, 0.5) is 10.8 Å². The van der Waals surface area contributed by atoms with E-state index >= 15 is 0 Å². The second-order valence-corrected chi connectivity index (χ2v) is 10.3. The Morgan fingerprint density at radius 2 is 1.55 bits per heavy atom. The number of carbonyl (C=O) groups is 3. The number of aromatic nitrogens is 1. The van der Waals surface area contributed by atoms with Crippen LogP contribution < -0.4 is 10.6 Å². The predicted octanol–water partition coefficient (Wildman–Crippen LogP) is 5.11. The molecule has 1 fully saturated rings. The number of thiazole rings is 1. The summed E-state index contributed by atoms with van der Waals surface area (Å²) in [5, 5.41) is 24.9. The average molecular weight is 530 g/mol. The first-order chi connectivity index (χ1) is 18.4. The molecule has 0 spiro atoms. The molecule has 4 N–H and O–H groups in total. The standard InChI is InChI=1S/C29H27N3O5S/c33-15-14-30-27(35)20-10-13-24-25(16-20)38-29(32-24)31-21-11-8-18(9-12-21)17-4-6-19(7-5-17)26(34)22-2-1-3-23(22)28(36)37/h4-13,16,22-23,33H,1-3,14-15H2,(H,30,35)(H,31,32)(H,36,37)/t22-,23?/m0/s1. The number of Topliss-reactive ketones (excluding diaryl/α,β-unsaturated/α-hetero) is 1. The quantitative estimate of drug-likeness (QED) is 0.222. The molecule has 1 aliphatic carbocycles. The number of aliphatic hydroxyl groups is 1. The number of hydrogen-bond donors (Lipinski definition) is 4. The fourth-order valence-electron chi connectivity index (χ4n) is 4.87. The van der Waals surface area contributed by atoms with E-state index in [2.05, 4.69) is 15.6 Å². The lowest BCUT2D eigenvalue weighted by atomic mass is 9.88. The third-order valence-corrected chi connectivity index (χ3v) is 7.79. The van der Waals surface area contributed by atoms with E-state index in [1.54, 1.807) is 30.3 Å². The number of aliphatic carboxylic acids is 1. The molecule has 1 heterocycles. The van der Waals surface area contributed by atoms with Crippen LogP contribution in [-0.4, -0.2) is 46.0 Å². The lowest BCUT2D eigenvalue weighted by molar-refractivity contribution is -0.142. The van der Waals surface area contributed by atoms with Gasteiger partial charge in [0.1, 0.15) is 0 Å². The first-order valence-corrected chi connectivity index (χ1v) is 13.3. The Hall–Kier alpha value is -4.08. The van der Waals surface area contributed by atoms with Gasteiger partial charge in [-0.3, -0.25) is 14.4 Å². The number of fused-ring (bicyclic) bond motifs is 1. The Bertz CT molecular complexity index is 1480. The predicted molar refractivity (Wildman–Crippen MR) is 147 cm³/mol. The van der Waals surface area contributed by atoms with Crippen molar-refractivity contribution < 1.29 is 24.6 Å². The van der Waals surface area contributed by atoms with Gasteiger partial charge in [0.25, 0.3) is 5.91 Å². The van der Waals surface area contributed by atoms with E-state index in [1.807, 2.05) is 36.4 Å². The highest BCUT2D eigenvalue weighted by Gasteiger charge is 2.37. The molecular formula is C29H27N3O5S. The number of carbonyl (C=O) groups excluding carboxylic acids is 2. The number of rotatable bonds is 9. The largest absolute Gasteiger partial charge is 0.481 e.